The summed E-state index contributed by atoms with van der Waals surface area (Å²) < 4.78 is 51.9. The van der Waals surface area contributed by atoms with Gasteiger partial charge in [0.1, 0.15) is 5.82 Å². The van der Waals surface area contributed by atoms with E-state index in [1.807, 2.05) is 43.3 Å². The standard InChI is InChI=1S/C33H36FN5O5S.ClH/c1-6-22-16-30(40)26(34)17-24(22)27-18-28-25(19-35-37-28)33(36-27)39(14-13-21-11-12-31(43-3)32(15-21)44-4)20-23-9-7-8-10-29(23)38(2)45(5,41)42;/h7-12,15-19,40H,6,13-14,20H2,1-5H3,(H,35,37);1H. The molecule has 244 valence electrons. The summed E-state index contributed by atoms with van der Waals surface area (Å²) in [5.74, 6) is 0.669. The van der Waals surface area contributed by atoms with Crippen molar-refractivity contribution in [1.29, 1.82) is 0 Å². The first-order valence-corrected chi connectivity index (χ1v) is 16.2. The zero-order valence-electron chi connectivity index (χ0n) is 26.2. The molecule has 0 bridgehead atoms. The van der Waals surface area contributed by atoms with E-state index in [2.05, 4.69) is 15.1 Å². The van der Waals surface area contributed by atoms with Gasteiger partial charge in [0.15, 0.2) is 23.1 Å². The lowest BCUT2D eigenvalue weighted by Gasteiger charge is -2.28. The molecule has 0 spiro atoms. The van der Waals surface area contributed by atoms with Crippen molar-refractivity contribution in [2.24, 2.45) is 0 Å². The van der Waals surface area contributed by atoms with Crippen LogP contribution in [0, 0.1) is 5.82 Å². The lowest BCUT2D eigenvalue weighted by Crippen LogP contribution is -2.30. The first-order chi connectivity index (χ1) is 21.5. The number of fused-ring (bicyclic) bond motifs is 1. The van der Waals surface area contributed by atoms with Gasteiger partial charge in [-0.05, 0) is 65.9 Å². The van der Waals surface area contributed by atoms with Gasteiger partial charge in [0.05, 0.1) is 49.0 Å². The summed E-state index contributed by atoms with van der Waals surface area (Å²) >= 11 is 0. The van der Waals surface area contributed by atoms with E-state index in [9.17, 15) is 17.9 Å². The van der Waals surface area contributed by atoms with Crippen LogP contribution in [0.2, 0.25) is 0 Å². The van der Waals surface area contributed by atoms with Crippen LogP contribution in [0.5, 0.6) is 17.2 Å². The second-order valence-corrected chi connectivity index (χ2v) is 12.7. The predicted molar refractivity (Wildman–Crippen MR) is 182 cm³/mol. The fourth-order valence-corrected chi connectivity index (χ4v) is 5.87. The number of aryl methyl sites for hydroxylation is 1. The van der Waals surface area contributed by atoms with Crippen LogP contribution in [0.25, 0.3) is 22.2 Å². The van der Waals surface area contributed by atoms with Crippen LogP contribution in [0.4, 0.5) is 15.9 Å². The number of anilines is 2. The fraction of sp³-hybridized carbons (Fsp3) is 0.273. The van der Waals surface area contributed by atoms with Crippen molar-refractivity contribution < 1.29 is 27.4 Å². The average Bonchev–Trinajstić information content (AvgIpc) is 3.52. The summed E-state index contributed by atoms with van der Waals surface area (Å²) in [5.41, 5.74) is 4.81. The number of ether oxygens (including phenoxy) is 2. The molecule has 0 radical (unpaired) electrons. The van der Waals surface area contributed by atoms with Crippen LogP contribution in [0.3, 0.4) is 0 Å². The molecule has 0 atom stereocenters. The van der Waals surface area contributed by atoms with Gasteiger partial charge in [-0.1, -0.05) is 31.2 Å². The Bertz CT molecular complexity index is 1950. The molecule has 5 rings (SSSR count). The monoisotopic (exact) mass is 669 g/mol. The molecule has 0 aliphatic heterocycles. The highest BCUT2D eigenvalue weighted by atomic mass is 35.5. The third-order valence-electron chi connectivity index (χ3n) is 7.85. The van der Waals surface area contributed by atoms with Crippen LogP contribution in [-0.2, 0) is 29.4 Å². The van der Waals surface area contributed by atoms with Gasteiger partial charge in [-0.3, -0.25) is 9.40 Å². The number of phenols is 1. The maximum absolute atomic E-state index is 14.6. The van der Waals surface area contributed by atoms with Gasteiger partial charge in [-0.15, -0.1) is 12.4 Å². The highest BCUT2D eigenvalue weighted by Crippen LogP contribution is 2.35. The average molecular weight is 670 g/mol. The Morgan fingerprint density at radius 1 is 1.00 bits per heavy atom. The maximum Gasteiger partial charge on any atom is 0.232 e. The first kappa shape index (κ1) is 34.3. The zero-order valence-corrected chi connectivity index (χ0v) is 27.9. The van der Waals surface area contributed by atoms with Gasteiger partial charge in [0.25, 0.3) is 0 Å². The third kappa shape index (κ3) is 7.13. The van der Waals surface area contributed by atoms with Crippen molar-refractivity contribution in [3.63, 3.8) is 0 Å². The Morgan fingerprint density at radius 3 is 2.43 bits per heavy atom. The summed E-state index contributed by atoms with van der Waals surface area (Å²) in [6, 6.07) is 17.6. The fourth-order valence-electron chi connectivity index (χ4n) is 5.34. The number of pyridine rings is 1. The molecule has 3 aromatic carbocycles. The topological polar surface area (TPSA) is 121 Å². The molecule has 0 aliphatic carbocycles. The quantitative estimate of drug-likeness (QED) is 0.163. The summed E-state index contributed by atoms with van der Waals surface area (Å²) in [5, 5.41) is 18.1. The number of rotatable bonds is 12. The van der Waals surface area contributed by atoms with Crippen molar-refractivity contribution in [3.05, 3.63) is 89.4 Å². The molecule has 46 heavy (non-hydrogen) atoms. The molecule has 2 heterocycles. The molecular formula is C33H37ClFN5O5S. The van der Waals surface area contributed by atoms with E-state index in [4.69, 9.17) is 14.5 Å². The smallest absolute Gasteiger partial charge is 0.232 e. The molecule has 0 saturated carbocycles. The molecule has 10 nitrogen and oxygen atoms in total. The highest BCUT2D eigenvalue weighted by Gasteiger charge is 2.22. The Labute approximate surface area is 274 Å². The van der Waals surface area contributed by atoms with Crippen LogP contribution in [0.1, 0.15) is 23.6 Å². The van der Waals surface area contributed by atoms with Gasteiger partial charge >= 0.3 is 0 Å². The normalized spacial score (nSPS) is 11.3. The number of nitrogens with zero attached hydrogens (tertiary/aromatic N) is 4. The summed E-state index contributed by atoms with van der Waals surface area (Å²) in [4.78, 5) is 7.12. The maximum atomic E-state index is 14.6. The van der Waals surface area contributed by atoms with Crippen molar-refractivity contribution >= 4 is 44.8 Å². The number of benzene rings is 3. The number of sulfonamides is 1. The summed E-state index contributed by atoms with van der Waals surface area (Å²) in [7, 11) is 1.17. The van der Waals surface area contributed by atoms with Gasteiger partial charge in [0, 0.05) is 25.7 Å². The van der Waals surface area contributed by atoms with E-state index in [1.54, 1.807) is 32.5 Å². The minimum atomic E-state index is -3.53. The van der Waals surface area contributed by atoms with E-state index < -0.39 is 21.6 Å². The van der Waals surface area contributed by atoms with Crippen molar-refractivity contribution in [2.45, 2.75) is 26.3 Å². The highest BCUT2D eigenvalue weighted by molar-refractivity contribution is 7.92. The third-order valence-corrected chi connectivity index (χ3v) is 9.05. The first-order valence-electron chi connectivity index (χ1n) is 14.4. The molecule has 0 saturated heterocycles. The molecular weight excluding hydrogens is 633 g/mol. The van der Waals surface area contributed by atoms with Crippen LogP contribution in [-0.4, -0.2) is 62.8 Å². The number of H-pyrrole nitrogens is 1. The SMILES string of the molecule is CCc1cc(O)c(F)cc1-c1cc2[nH]ncc2c(N(CCc2ccc(OC)c(OC)c2)Cc2ccccc2N(C)S(C)(=O)=O)n1.Cl. The Morgan fingerprint density at radius 2 is 1.74 bits per heavy atom. The largest absolute Gasteiger partial charge is 0.505 e. The molecule has 13 heteroatoms. The number of para-hydroxylation sites is 1. The lowest BCUT2D eigenvalue weighted by atomic mass is 10.0. The second kappa shape index (κ2) is 14.3. The van der Waals surface area contributed by atoms with Crippen LogP contribution < -0.4 is 18.7 Å². The minimum Gasteiger partial charge on any atom is -0.505 e. The number of methoxy groups -OCH3 is 2. The summed E-state index contributed by atoms with van der Waals surface area (Å²) in [6.45, 7) is 2.72. The number of phenolic OH excluding ortho intramolecular Hbond substituents is 1. The van der Waals surface area contributed by atoms with Crippen molar-refractivity contribution in [3.8, 4) is 28.5 Å². The molecule has 0 unspecified atom stereocenters. The van der Waals surface area contributed by atoms with E-state index in [0.717, 1.165) is 22.1 Å². The van der Waals surface area contributed by atoms with Gasteiger partial charge in [-0.25, -0.2) is 17.8 Å². The Hall–Kier alpha value is -4.55. The minimum absolute atomic E-state index is 0. The van der Waals surface area contributed by atoms with Crippen LogP contribution >= 0.6 is 12.4 Å². The lowest BCUT2D eigenvalue weighted by molar-refractivity contribution is 0.354. The molecule has 0 fully saturated rings. The van der Waals surface area contributed by atoms with Gasteiger partial charge < -0.3 is 19.5 Å². The molecule has 0 amide bonds. The second-order valence-electron chi connectivity index (χ2n) is 10.7. The van der Waals surface area contributed by atoms with Crippen LogP contribution in [0.15, 0.2) is 66.9 Å². The number of aromatic hydroxyl groups is 1. The number of aromatic nitrogens is 3. The van der Waals surface area contributed by atoms with Crippen molar-refractivity contribution in [2.75, 3.05) is 43.3 Å². The number of nitrogens with one attached hydrogen (secondary N) is 1. The van der Waals surface area contributed by atoms with E-state index in [0.29, 0.717) is 65.7 Å². The van der Waals surface area contributed by atoms with Gasteiger partial charge in [-0.2, -0.15) is 5.10 Å². The van der Waals surface area contributed by atoms with Crippen molar-refractivity contribution in [1.82, 2.24) is 15.2 Å². The number of hydrogen-bond donors (Lipinski definition) is 2. The molecule has 2 N–H and O–H groups in total. The molecule has 0 aliphatic rings. The Kier molecular flexibility index (Phi) is 10.6. The molecule has 5 aromatic rings. The van der Waals surface area contributed by atoms with Gasteiger partial charge in [0.2, 0.25) is 10.0 Å². The summed E-state index contributed by atoms with van der Waals surface area (Å²) in [6.07, 6.45) is 4.00. The Balaban J connectivity index is 0.00000480. The predicted octanol–water partition coefficient (Wildman–Crippen LogP) is 6.12. The number of hydrogen-bond acceptors (Lipinski definition) is 8. The van der Waals surface area contributed by atoms with E-state index in [1.165, 1.54) is 29.7 Å². The zero-order chi connectivity index (χ0) is 32.3. The van der Waals surface area contributed by atoms with E-state index >= 15 is 0 Å². The number of halogens is 2. The molecule has 2 aromatic heterocycles. The number of aromatic amines is 1. The van der Waals surface area contributed by atoms with E-state index in [-0.39, 0.29) is 12.4 Å².